The number of hydrogen-bond acceptors (Lipinski definition) is 3. The van der Waals surface area contributed by atoms with Crippen LogP contribution in [0.25, 0.3) is 5.65 Å². The first-order valence-corrected chi connectivity index (χ1v) is 9.42. The van der Waals surface area contributed by atoms with Crippen molar-refractivity contribution in [3.63, 3.8) is 0 Å². The summed E-state index contributed by atoms with van der Waals surface area (Å²) in [6, 6.07) is 11.0. The zero-order valence-electron chi connectivity index (χ0n) is 12.5. The second-order valence-corrected chi connectivity index (χ2v) is 7.91. The molecule has 0 aliphatic rings. The molecule has 0 fully saturated rings. The molecule has 0 aliphatic carbocycles. The zero-order valence-corrected chi connectivity index (χ0v) is 14.9. The first kappa shape index (κ1) is 16.2. The molecule has 1 N–H and O–H groups in total. The van der Waals surface area contributed by atoms with Crippen LogP contribution in [0.1, 0.15) is 11.3 Å². The van der Waals surface area contributed by atoms with E-state index in [1.54, 1.807) is 19.1 Å². The molecule has 0 aliphatic heterocycles. The van der Waals surface area contributed by atoms with Gasteiger partial charge in [0.2, 0.25) is 10.0 Å². The minimum atomic E-state index is -3.53. The van der Waals surface area contributed by atoms with E-state index in [1.807, 2.05) is 41.1 Å². The molecule has 3 rings (SSSR count). The Labute approximate surface area is 143 Å². The van der Waals surface area contributed by atoms with Gasteiger partial charge >= 0.3 is 0 Å². The highest BCUT2D eigenvalue weighted by molar-refractivity contribution is 9.10. The number of imidazole rings is 1. The fourth-order valence-corrected chi connectivity index (χ4v) is 4.18. The largest absolute Gasteiger partial charge is 0.307 e. The Morgan fingerprint density at radius 2 is 2.09 bits per heavy atom. The molecule has 0 unspecified atom stereocenters. The van der Waals surface area contributed by atoms with Crippen molar-refractivity contribution < 1.29 is 8.42 Å². The second-order valence-electron chi connectivity index (χ2n) is 5.26. The van der Waals surface area contributed by atoms with Gasteiger partial charge in [0.1, 0.15) is 5.65 Å². The van der Waals surface area contributed by atoms with Gasteiger partial charge < -0.3 is 4.40 Å². The standard InChI is InChI=1S/C16H16BrN3O2S/c1-12-5-6-13(17)10-15(12)23(21,22)18-8-7-14-11-20-9-3-2-4-16(20)19-14/h2-6,9-11,18H,7-8H2,1H3. The molecule has 0 atom stereocenters. The first-order chi connectivity index (χ1) is 11.0. The van der Waals surface area contributed by atoms with Crippen LogP contribution in [0.4, 0.5) is 0 Å². The number of pyridine rings is 1. The summed E-state index contributed by atoms with van der Waals surface area (Å²) in [6.07, 6.45) is 4.36. The van der Waals surface area contributed by atoms with Crippen LogP contribution in [0.3, 0.4) is 0 Å². The van der Waals surface area contributed by atoms with E-state index < -0.39 is 10.0 Å². The molecule has 23 heavy (non-hydrogen) atoms. The van der Waals surface area contributed by atoms with Gasteiger partial charge in [-0.05, 0) is 36.8 Å². The predicted molar refractivity (Wildman–Crippen MR) is 93.0 cm³/mol. The Morgan fingerprint density at radius 3 is 2.87 bits per heavy atom. The highest BCUT2D eigenvalue weighted by atomic mass is 79.9. The van der Waals surface area contributed by atoms with E-state index in [2.05, 4.69) is 25.6 Å². The Bertz CT molecular complexity index is 918. The van der Waals surface area contributed by atoms with Crippen molar-refractivity contribution in [1.82, 2.24) is 14.1 Å². The number of nitrogens with one attached hydrogen (secondary N) is 1. The van der Waals surface area contributed by atoms with Crippen LogP contribution in [0.15, 0.2) is 58.2 Å². The molecule has 1 aromatic carbocycles. The lowest BCUT2D eigenvalue weighted by atomic mass is 10.2. The van der Waals surface area contributed by atoms with Crippen LogP contribution in [0.5, 0.6) is 0 Å². The van der Waals surface area contributed by atoms with Gasteiger partial charge in [0, 0.05) is 29.8 Å². The van der Waals surface area contributed by atoms with Crippen LogP contribution < -0.4 is 4.72 Å². The van der Waals surface area contributed by atoms with Crippen LogP contribution >= 0.6 is 15.9 Å². The minimum absolute atomic E-state index is 0.293. The molecule has 5 nitrogen and oxygen atoms in total. The second kappa shape index (κ2) is 6.43. The summed E-state index contributed by atoms with van der Waals surface area (Å²) in [5, 5.41) is 0. The van der Waals surface area contributed by atoms with Crippen LogP contribution in [-0.4, -0.2) is 24.3 Å². The SMILES string of the molecule is Cc1ccc(Br)cc1S(=O)(=O)NCCc1cn2ccccc2n1. The molecular formula is C16H16BrN3O2S. The highest BCUT2D eigenvalue weighted by Crippen LogP contribution is 2.20. The van der Waals surface area contributed by atoms with Gasteiger partial charge in [0.05, 0.1) is 10.6 Å². The average Bonchev–Trinajstić information content (AvgIpc) is 2.92. The van der Waals surface area contributed by atoms with Crippen molar-refractivity contribution in [2.24, 2.45) is 0 Å². The summed E-state index contributed by atoms with van der Waals surface area (Å²) in [6.45, 7) is 2.08. The zero-order chi connectivity index (χ0) is 16.4. The third-order valence-electron chi connectivity index (χ3n) is 3.53. The molecule has 0 saturated carbocycles. The number of halogens is 1. The number of aryl methyl sites for hydroxylation is 1. The number of benzene rings is 1. The molecule has 120 valence electrons. The van der Waals surface area contributed by atoms with E-state index in [1.165, 1.54) is 0 Å². The number of aromatic nitrogens is 2. The van der Waals surface area contributed by atoms with Gasteiger partial charge in [-0.3, -0.25) is 0 Å². The van der Waals surface area contributed by atoms with E-state index >= 15 is 0 Å². The van der Waals surface area contributed by atoms with Crippen molar-refractivity contribution in [2.45, 2.75) is 18.2 Å². The molecule has 2 heterocycles. The number of fused-ring (bicyclic) bond motifs is 1. The van der Waals surface area contributed by atoms with Crippen LogP contribution in [0, 0.1) is 6.92 Å². The summed E-state index contributed by atoms with van der Waals surface area (Å²) < 4.78 is 30.1. The number of sulfonamides is 1. The van der Waals surface area contributed by atoms with Gasteiger partial charge in [-0.1, -0.05) is 28.1 Å². The van der Waals surface area contributed by atoms with Crippen molar-refractivity contribution in [3.8, 4) is 0 Å². The molecule has 0 spiro atoms. The molecule has 7 heteroatoms. The summed E-state index contributed by atoms with van der Waals surface area (Å²) in [4.78, 5) is 4.75. The average molecular weight is 394 g/mol. The Hall–Kier alpha value is -1.70. The molecular weight excluding hydrogens is 378 g/mol. The smallest absolute Gasteiger partial charge is 0.240 e. The molecule has 0 amide bonds. The van der Waals surface area contributed by atoms with Crippen molar-refractivity contribution in [2.75, 3.05) is 6.54 Å². The normalized spacial score (nSPS) is 11.9. The van der Waals surface area contributed by atoms with Gasteiger partial charge in [-0.25, -0.2) is 18.1 Å². The summed E-state index contributed by atoms with van der Waals surface area (Å²) in [5.74, 6) is 0. The third kappa shape index (κ3) is 3.63. The maximum Gasteiger partial charge on any atom is 0.240 e. The van der Waals surface area contributed by atoms with E-state index in [0.717, 1.165) is 15.8 Å². The van der Waals surface area contributed by atoms with E-state index in [4.69, 9.17) is 0 Å². The quantitative estimate of drug-likeness (QED) is 0.724. The fourth-order valence-electron chi connectivity index (χ4n) is 2.36. The number of hydrogen-bond donors (Lipinski definition) is 1. The molecule has 0 saturated heterocycles. The van der Waals surface area contributed by atoms with Gasteiger partial charge in [0.15, 0.2) is 0 Å². The van der Waals surface area contributed by atoms with Gasteiger partial charge in [0.25, 0.3) is 0 Å². The maximum absolute atomic E-state index is 12.4. The lowest BCUT2D eigenvalue weighted by Gasteiger charge is -2.09. The Balaban J connectivity index is 1.71. The van der Waals surface area contributed by atoms with Crippen LogP contribution in [-0.2, 0) is 16.4 Å². The maximum atomic E-state index is 12.4. The van der Waals surface area contributed by atoms with Crippen molar-refractivity contribution >= 4 is 31.6 Å². The summed E-state index contributed by atoms with van der Waals surface area (Å²) >= 11 is 3.31. The first-order valence-electron chi connectivity index (χ1n) is 7.14. The molecule has 3 aromatic rings. The number of nitrogens with zero attached hydrogens (tertiary/aromatic N) is 2. The van der Waals surface area contributed by atoms with Crippen molar-refractivity contribution in [1.29, 1.82) is 0 Å². The Morgan fingerprint density at radius 1 is 1.26 bits per heavy atom. The minimum Gasteiger partial charge on any atom is -0.307 e. The fraction of sp³-hybridized carbons (Fsp3) is 0.188. The monoisotopic (exact) mass is 393 g/mol. The van der Waals surface area contributed by atoms with Crippen molar-refractivity contribution in [3.05, 3.63) is 64.5 Å². The lowest BCUT2D eigenvalue weighted by Crippen LogP contribution is -2.26. The molecule has 0 bridgehead atoms. The van der Waals surface area contributed by atoms with Gasteiger partial charge in [-0.15, -0.1) is 0 Å². The lowest BCUT2D eigenvalue weighted by molar-refractivity contribution is 0.580. The third-order valence-corrected chi connectivity index (χ3v) is 5.62. The van der Waals surface area contributed by atoms with E-state index in [9.17, 15) is 8.42 Å². The summed E-state index contributed by atoms with van der Waals surface area (Å²) in [5.41, 5.74) is 2.42. The highest BCUT2D eigenvalue weighted by Gasteiger charge is 2.16. The molecule has 0 radical (unpaired) electrons. The van der Waals surface area contributed by atoms with Crippen LogP contribution in [0.2, 0.25) is 0 Å². The Kier molecular flexibility index (Phi) is 4.52. The molecule has 2 aromatic heterocycles. The predicted octanol–water partition coefficient (Wildman–Crippen LogP) is 2.93. The number of rotatable bonds is 5. The topological polar surface area (TPSA) is 63.5 Å². The van der Waals surface area contributed by atoms with Gasteiger partial charge in [-0.2, -0.15) is 0 Å². The van der Waals surface area contributed by atoms with E-state index in [-0.39, 0.29) is 0 Å². The summed E-state index contributed by atoms with van der Waals surface area (Å²) in [7, 11) is -3.53. The van der Waals surface area contributed by atoms with E-state index in [0.29, 0.717) is 23.4 Å².